The van der Waals surface area contributed by atoms with E-state index in [1.165, 1.54) is 36.6 Å². The van der Waals surface area contributed by atoms with E-state index in [9.17, 15) is 4.79 Å². The van der Waals surface area contributed by atoms with Crippen LogP contribution in [-0.4, -0.2) is 61.9 Å². The Morgan fingerprint density at radius 2 is 1.76 bits per heavy atom. The fraction of sp³-hybridized carbons (Fsp3) is 0.591. The number of hydrogen-bond donors (Lipinski definition) is 0. The number of rotatable bonds is 9. The molecule has 0 radical (unpaired) electrons. The van der Waals surface area contributed by atoms with Gasteiger partial charge in [0.1, 0.15) is 5.82 Å². The highest BCUT2D eigenvalue weighted by atomic mass is 32.2. The molecule has 1 fully saturated rings. The number of benzene rings is 1. The molecule has 1 amide bonds. The van der Waals surface area contributed by atoms with Gasteiger partial charge < -0.3 is 9.47 Å². The highest BCUT2D eigenvalue weighted by molar-refractivity contribution is 8.00. The van der Waals surface area contributed by atoms with Gasteiger partial charge in [0.2, 0.25) is 5.91 Å². The van der Waals surface area contributed by atoms with E-state index in [0.29, 0.717) is 0 Å². The van der Waals surface area contributed by atoms with Crippen molar-refractivity contribution >= 4 is 17.7 Å². The van der Waals surface area contributed by atoms with Gasteiger partial charge in [-0.1, -0.05) is 48.5 Å². The molecule has 29 heavy (non-hydrogen) atoms. The number of nitrogens with zero attached hydrogens (tertiary/aromatic N) is 5. The normalized spacial score (nSPS) is 16.0. The first-order valence-corrected chi connectivity index (χ1v) is 11.6. The second-order valence-electron chi connectivity index (χ2n) is 7.58. The highest BCUT2D eigenvalue weighted by Crippen LogP contribution is 2.25. The van der Waals surface area contributed by atoms with Crippen molar-refractivity contribution in [1.82, 2.24) is 24.6 Å². The van der Waals surface area contributed by atoms with Crippen molar-refractivity contribution in [2.45, 2.75) is 63.5 Å². The largest absolute Gasteiger partial charge is 0.342 e. The van der Waals surface area contributed by atoms with E-state index in [1.807, 2.05) is 31.7 Å². The highest BCUT2D eigenvalue weighted by Gasteiger charge is 2.24. The summed E-state index contributed by atoms with van der Waals surface area (Å²) >= 11 is 1.52. The van der Waals surface area contributed by atoms with Crippen LogP contribution < -0.4 is 0 Å². The van der Waals surface area contributed by atoms with Gasteiger partial charge in [-0.15, -0.1) is 10.2 Å². The Morgan fingerprint density at radius 1 is 1.07 bits per heavy atom. The molecule has 3 rings (SSSR count). The minimum atomic E-state index is -0.184. The SMILES string of the molecule is CCN(CC)C(=O)C(C)Sc1nnc(CN2CCCCC2)n1Cc1ccccc1. The van der Waals surface area contributed by atoms with Crippen molar-refractivity contribution in [3.8, 4) is 0 Å². The Bertz CT molecular complexity index is 769. The summed E-state index contributed by atoms with van der Waals surface area (Å²) in [5, 5.41) is 9.66. The maximum absolute atomic E-state index is 12.7. The molecule has 0 aliphatic carbocycles. The van der Waals surface area contributed by atoms with Gasteiger partial charge in [-0.2, -0.15) is 0 Å². The van der Waals surface area contributed by atoms with Crippen molar-refractivity contribution in [1.29, 1.82) is 0 Å². The maximum Gasteiger partial charge on any atom is 0.235 e. The summed E-state index contributed by atoms with van der Waals surface area (Å²) < 4.78 is 2.20. The molecular weight excluding hydrogens is 382 g/mol. The van der Waals surface area contributed by atoms with Crippen molar-refractivity contribution in [2.24, 2.45) is 0 Å². The average Bonchev–Trinajstić information content (AvgIpc) is 3.11. The lowest BCUT2D eigenvalue weighted by Crippen LogP contribution is -2.36. The minimum Gasteiger partial charge on any atom is -0.342 e. The molecule has 7 heteroatoms. The molecule has 1 aliphatic rings. The summed E-state index contributed by atoms with van der Waals surface area (Å²) in [6.07, 6.45) is 3.83. The molecule has 1 aromatic carbocycles. The minimum absolute atomic E-state index is 0.159. The number of piperidine rings is 1. The second kappa shape index (κ2) is 10.8. The third-order valence-corrected chi connectivity index (χ3v) is 6.56. The lowest BCUT2D eigenvalue weighted by atomic mass is 10.1. The van der Waals surface area contributed by atoms with Crippen molar-refractivity contribution in [2.75, 3.05) is 26.2 Å². The fourth-order valence-electron chi connectivity index (χ4n) is 3.77. The summed E-state index contributed by atoms with van der Waals surface area (Å²) in [5.41, 5.74) is 1.22. The molecule has 2 heterocycles. The summed E-state index contributed by atoms with van der Waals surface area (Å²) in [7, 11) is 0. The third kappa shape index (κ3) is 5.82. The smallest absolute Gasteiger partial charge is 0.235 e. The maximum atomic E-state index is 12.7. The van der Waals surface area contributed by atoms with Crippen LogP contribution in [0.15, 0.2) is 35.5 Å². The molecule has 1 aromatic heterocycles. The molecule has 0 N–H and O–H groups in total. The zero-order chi connectivity index (χ0) is 20.6. The quantitative estimate of drug-likeness (QED) is 0.585. The number of amides is 1. The van der Waals surface area contributed by atoms with E-state index in [0.717, 1.165) is 50.2 Å². The zero-order valence-electron chi connectivity index (χ0n) is 17.9. The molecule has 6 nitrogen and oxygen atoms in total. The second-order valence-corrected chi connectivity index (χ2v) is 8.89. The standard InChI is InChI=1S/C22H33N5OS/c1-4-26(5-2)21(28)18(3)29-22-24-23-20(17-25-14-10-7-11-15-25)27(22)16-19-12-8-6-9-13-19/h6,8-9,12-13,18H,4-5,7,10-11,14-17H2,1-3H3. The first kappa shape index (κ1) is 21.8. The van der Waals surface area contributed by atoms with Gasteiger partial charge in [0.25, 0.3) is 0 Å². The van der Waals surface area contributed by atoms with Crippen LogP contribution >= 0.6 is 11.8 Å². The van der Waals surface area contributed by atoms with Gasteiger partial charge in [-0.3, -0.25) is 9.69 Å². The van der Waals surface area contributed by atoms with Gasteiger partial charge in [0.15, 0.2) is 5.16 Å². The van der Waals surface area contributed by atoms with Crippen LogP contribution in [0.2, 0.25) is 0 Å². The molecule has 1 saturated heterocycles. The van der Waals surface area contributed by atoms with Crippen LogP contribution in [0.5, 0.6) is 0 Å². The number of carbonyl (C=O) groups excluding carboxylic acids is 1. The molecule has 1 atom stereocenters. The molecule has 0 saturated carbocycles. The summed E-state index contributed by atoms with van der Waals surface area (Å²) in [6, 6.07) is 10.4. The van der Waals surface area contributed by atoms with E-state index >= 15 is 0 Å². The number of thioether (sulfide) groups is 1. The third-order valence-electron chi connectivity index (χ3n) is 5.50. The van der Waals surface area contributed by atoms with Crippen LogP contribution in [0.25, 0.3) is 0 Å². The monoisotopic (exact) mass is 415 g/mol. The fourth-order valence-corrected chi connectivity index (χ4v) is 4.72. The molecule has 0 bridgehead atoms. The first-order valence-electron chi connectivity index (χ1n) is 10.8. The van der Waals surface area contributed by atoms with E-state index in [1.54, 1.807) is 0 Å². The lowest BCUT2D eigenvalue weighted by molar-refractivity contribution is -0.129. The van der Waals surface area contributed by atoms with E-state index in [2.05, 4.69) is 43.9 Å². The summed E-state index contributed by atoms with van der Waals surface area (Å²) in [5.74, 6) is 1.15. The number of aromatic nitrogens is 3. The van der Waals surface area contributed by atoms with Gasteiger partial charge in [0, 0.05) is 13.1 Å². The van der Waals surface area contributed by atoms with Crippen molar-refractivity contribution < 1.29 is 4.79 Å². The predicted molar refractivity (Wildman–Crippen MR) is 118 cm³/mol. The molecule has 1 unspecified atom stereocenters. The van der Waals surface area contributed by atoms with Crippen molar-refractivity contribution in [3.05, 3.63) is 41.7 Å². The summed E-state index contributed by atoms with van der Waals surface area (Å²) in [6.45, 7) is 11.3. The van der Waals surface area contributed by atoms with E-state index < -0.39 is 0 Å². The van der Waals surface area contributed by atoms with Gasteiger partial charge >= 0.3 is 0 Å². The summed E-state index contributed by atoms with van der Waals surface area (Å²) in [4.78, 5) is 17.1. The first-order chi connectivity index (χ1) is 14.1. The van der Waals surface area contributed by atoms with E-state index in [4.69, 9.17) is 0 Å². The molecule has 0 spiro atoms. The van der Waals surface area contributed by atoms with Gasteiger partial charge in [-0.25, -0.2) is 0 Å². The van der Waals surface area contributed by atoms with Crippen LogP contribution in [0.4, 0.5) is 0 Å². The molecule has 1 aliphatic heterocycles. The molecular formula is C22H33N5OS. The Morgan fingerprint density at radius 3 is 2.41 bits per heavy atom. The molecule has 2 aromatic rings. The van der Waals surface area contributed by atoms with Crippen LogP contribution in [0, 0.1) is 0 Å². The van der Waals surface area contributed by atoms with Gasteiger partial charge in [0.05, 0.1) is 18.3 Å². The Labute approximate surface area is 178 Å². The zero-order valence-corrected chi connectivity index (χ0v) is 18.7. The number of likely N-dealkylation sites (tertiary alicyclic amines) is 1. The lowest BCUT2D eigenvalue weighted by Gasteiger charge is -2.26. The molecule has 158 valence electrons. The number of carbonyl (C=O) groups is 1. The topological polar surface area (TPSA) is 54.3 Å². The Balaban J connectivity index is 1.80. The van der Waals surface area contributed by atoms with Crippen LogP contribution in [0.3, 0.4) is 0 Å². The van der Waals surface area contributed by atoms with E-state index in [-0.39, 0.29) is 11.2 Å². The number of hydrogen-bond acceptors (Lipinski definition) is 5. The Hall–Kier alpha value is -1.86. The van der Waals surface area contributed by atoms with Gasteiger partial charge in [-0.05, 0) is 52.3 Å². The predicted octanol–water partition coefficient (Wildman–Crippen LogP) is 3.66. The average molecular weight is 416 g/mol. The van der Waals surface area contributed by atoms with Crippen LogP contribution in [0.1, 0.15) is 51.4 Å². The Kier molecular flexibility index (Phi) is 8.12. The van der Waals surface area contributed by atoms with Crippen molar-refractivity contribution in [3.63, 3.8) is 0 Å². The van der Waals surface area contributed by atoms with Crippen LogP contribution in [-0.2, 0) is 17.9 Å².